The third-order valence-corrected chi connectivity index (χ3v) is 10.7. The topological polar surface area (TPSA) is 99.1 Å². The third kappa shape index (κ3) is 40.4. The highest BCUT2D eigenvalue weighted by Gasteiger charge is 2.31. The average molecular weight is 843 g/mol. The van der Waals surface area contributed by atoms with Gasteiger partial charge in [0.2, 0.25) is 0 Å². The molecule has 1 N–H and O–H groups in total. The minimum Gasteiger partial charge on any atom is -0.477 e. The van der Waals surface area contributed by atoms with Crippen molar-refractivity contribution in [3.63, 3.8) is 0 Å². The monoisotopic (exact) mass is 843 g/mol. The van der Waals surface area contributed by atoms with Crippen molar-refractivity contribution >= 4 is 17.9 Å². The molecule has 0 bridgehead atoms. The van der Waals surface area contributed by atoms with E-state index < -0.39 is 18.1 Å². The van der Waals surface area contributed by atoms with E-state index in [2.05, 4.69) is 74.6 Å². The van der Waals surface area contributed by atoms with Crippen molar-refractivity contribution in [1.29, 1.82) is 0 Å². The number of hydrogen-bond acceptors (Lipinski definition) is 6. The van der Waals surface area contributed by atoms with Gasteiger partial charge in [-0.2, -0.15) is 0 Å². The minimum absolute atomic E-state index is 0.0548. The molecular weight excluding hydrogens is 751 g/mol. The number of rotatable bonds is 43. The van der Waals surface area contributed by atoms with Gasteiger partial charge in [-0.1, -0.05) is 164 Å². The standard InChI is InChI=1S/C52H91NO7/c1-6-8-10-12-14-16-18-20-22-23-24-25-26-27-28-29-31-33-35-37-39-41-43-51(55)60-48(46-58-45-44-49(52(56)57)53(3,4)5)47-59-50(54)42-40-38-36-34-32-30-21-19-17-15-13-11-9-7-2/h9,11,14-17,20,22,24-25,48-49H,6-8,10,12-13,18-19,21,23,26-47H2,1-5H3/p+1/b11-9+,16-14+,17-15+,22-20+,25-24+. The number of aliphatic carboxylic acids is 1. The summed E-state index contributed by atoms with van der Waals surface area (Å²) in [5.74, 6) is -1.48. The lowest BCUT2D eigenvalue weighted by molar-refractivity contribution is -0.887. The first-order valence-corrected chi connectivity index (χ1v) is 24.3. The number of quaternary nitrogens is 1. The van der Waals surface area contributed by atoms with Gasteiger partial charge in [0.15, 0.2) is 12.1 Å². The first-order chi connectivity index (χ1) is 29.1. The van der Waals surface area contributed by atoms with E-state index in [4.69, 9.17) is 14.2 Å². The Kier molecular flexibility index (Phi) is 40.6. The van der Waals surface area contributed by atoms with E-state index in [1.807, 2.05) is 21.1 Å². The Morgan fingerprint density at radius 3 is 1.38 bits per heavy atom. The highest BCUT2D eigenvalue weighted by molar-refractivity contribution is 5.72. The lowest BCUT2D eigenvalue weighted by Gasteiger charge is -2.31. The number of likely N-dealkylation sites (N-methyl/N-ethyl adjacent to an activating group) is 1. The second-order valence-electron chi connectivity index (χ2n) is 17.3. The molecule has 0 saturated heterocycles. The highest BCUT2D eigenvalue weighted by Crippen LogP contribution is 2.15. The number of carboxylic acid groups (broad SMARTS) is 1. The van der Waals surface area contributed by atoms with Crippen LogP contribution < -0.4 is 0 Å². The maximum Gasteiger partial charge on any atom is 0.362 e. The summed E-state index contributed by atoms with van der Waals surface area (Å²) in [4.78, 5) is 37.1. The minimum atomic E-state index is -0.878. The Morgan fingerprint density at radius 2 is 0.933 bits per heavy atom. The fourth-order valence-corrected chi connectivity index (χ4v) is 6.90. The van der Waals surface area contributed by atoms with Crippen LogP contribution in [0.1, 0.15) is 200 Å². The number of carbonyl (C=O) groups is 3. The number of unbranched alkanes of at least 4 members (excludes halogenated alkanes) is 19. The van der Waals surface area contributed by atoms with Crippen molar-refractivity contribution in [2.24, 2.45) is 0 Å². The van der Waals surface area contributed by atoms with Crippen molar-refractivity contribution in [3.05, 3.63) is 60.8 Å². The normalized spacial score (nSPS) is 13.4. The van der Waals surface area contributed by atoms with Gasteiger partial charge in [0.05, 0.1) is 34.4 Å². The SMILES string of the molecule is CC/C=C/C/C=C/CCCCCCCCCC(=O)OCC(COCCC(C(=O)O)[N+](C)(C)C)OC(=O)CCCCCCCCCCC/C=C/C/C=C/C/C=C/CCCCC. The van der Waals surface area contributed by atoms with E-state index in [1.54, 1.807) is 0 Å². The molecule has 0 aliphatic heterocycles. The van der Waals surface area contributed by atoms with Gasteiger partial charge < -0.3 is 23.8 Å². The van der Waals surface area contributed by atoms with Crippen LogP contribution in [0.2, 0.25) is 0 Å². The summed E-state index contributed by atoms with van der Waals surface area (Å²) in [6, 6.07) is -0.619. The van der Waals surface area contributed by atoms with E-state index in [9.17, 15) is 19.5 Å². The zero-order valence-corrected chi connectivity index (χ0v) is 39.4. The predicted molar refractivity (Wildman–Crippen MR) is 252 cm³/mol. The smallest absolute Gasteiger partial charge is 0.362 e. The molecule has 0 aromatic heterocycles. The Bertz CT molecular complexity index is 1170. The van der Waals surface area contributed by atoms with Crippen molar-refractivity contribution in [3.8, 4) is 0 Å². The number of nitrogens with zero attached hydrogens (tertiary/aromatic N) is 1. The number of esters is 2. The van der Waals surface area contributed by atoms with Gasteiger partial charge in [0.25, 0.3) is 0 Å². The molecular formula is C52H92NO7+. The molecule has 2 unspecified atom stereocenters. The van der Waals surface area contributed by atoms with Crippen LogP contribution in [0.4, 0.5) is 0 Å². The summed E-state index contributed by atoms with van der Waals surface area (Å²) in [6.07, 6.45) is 52.6. The molecule has 8 nitrogen and oxygen atoms in total. The van der Waals surface area contributed by atoms with Gasteiger partial charge >= 0.3 is 17.9 Å². The van der Waals surface area contributed by atoms with Gasteiger partial charge in [-0.3, -0.25) is 9.59 Å². The molecule has 0 spiro atoms. The van der Waals surface area contributed by atoms with E-state index in [-0.39, 0.29) is 36.2 Å². The maximum atomic E-state index is 12.8. The molecule has 2 atom stereocenters. The average Bonchev–Trinajstić information content (AvgIpc) is 3.21. The van der Waals surface area contributed by atoms with Crippen molar-refractivity contribution in [2.45, 2.75) is 212 Å². The van der Waals surface area contributed by atoms with Gasteiger partial charge in [0, 0.05) is 19.3 Å². The second kappa shape index (κ2) is 42.7. The lowest BCUT2D eigenvalue weighted by atomic mass is 10.1. The summed E-state index contributed by atoms with van der Waals surface area (Å²) in [7, 11) is 5.52. The third-order valence-electron chi connectivity index (χ3n) is 10.7. The Hall–Kier alpha value is -2.97. The molecule has 0 saturated carbocycles. The Labute approximate surface area is 368 Å². The Balaban J connectivity index is 4.27. The van der Waals surface area contributed by atoms with Crippen LogP contribution >= 0.6 is 0 Å². The molecule has 0 heterocycles. The molecule has 0 rings (SSSR count). The van der Waals surface area contributed by atoms with Crippen LogP contribution in [0.25, 0.3) is 0 Å². The van der Waals surface area contributed by atoms with Crippen molar-refractivity contribution < 1.29 is 38.2 Å². The molecule has 346 valence electrons. The number of carboxylic acids is 1. The van der Waals surface area contributed by atoms with Crippen LogP contribution in [0.5, 0.6) is 0 Å². The number of carbonyl (C=O) groups excluding carboxylic acids is 2. The van der Waals surface area contributed by atoms with Crippen LogP contribution in [0.15, 0.2) is 60.8 Å². The second-order valence-corrected chi connectivity index (χ2v) is 17.3. The van der Waals surface area contributed by atoms with E-state index in [1.165, 1.54) is 89.9 Å². The number of hydrogen-bond donors (Lipinski definition) is 1. The van der Waals surface area contributed by atoms with E-state index in [0.717, 1.165) is 77.0 Å². The van der Waals surface area contributed by atoms with Gasteiger partial charge in [-0.25, -0.2) is 4.79 Å². The molecule has 0 aromatic rings. The molecule has 0 aliphatic carbocycles. The lowest BCUT2D eigenvalue weighted by Crippen LogP contribution is -2.50. The fraction of sp³-hybridized carbons (Fsp3) is 0.750. The van der Waals surface area contributed by atoms with E-state index in [0.29, 0.717) is 19.3 Å². The van der Waals surface area contributed by atoms with Crippen molar-refractivity contribution in [2.75, 3.05) is 41.0 Å². The molecule has 0 amide bonds. The first-order valence-electron chi connectivity index (χ1n) is 24.3. The Morgan fingerprint density at radius 1 is 0.517 bits per heavy atom. The van der Waals surface area contributed by atoms with Crippen molar-refractivity contribution in [1.82, 2.24) is 0 Å². The summed E-state index contributed by atoms with van der Waals surface area (Å²) in [6.45, 7) is 4.59. The summed E-state index contributed by atoms with van der Waals surface area (Å²) in [5, 5.41) is 9.64. The van der Waals surface area contributed by atoms with Crippen LogP contribution in [-0.2, 0) is 28.6 Å². The van der Waals surface area contributed by atoms with Gasteiger partial charge in [-0.15, -0.1) is 0 Å². The number of allylic oxidation sites excluding steroid dienone is 10. The molecule has 60 heavy (non-hydrogen) atoms. The summed E-state index contributed by atoms with van der Waals surface area (Å²) in [5.41, 5.74) is 0. The predicted octanol–water partition coefficient (Wildman–Crippen LogP) is 13.8. The zero-order valence-electron chi connectivity index (χ0n) is 39.4. The molecule has 8 heteroatoms. The molecule has 0 aliphatic rings. The fourth-order valence-electron chi connectivity index (χ4n) is 6.90. The maximum absolute atomic E-state index is 12.8. The van der Waals surface area contributed by atoms with Crippen LogP contribution in [0.3, 0.4) is 0 Å². The molecule has 0 aromatic carbocycles. The quantitative estimate of drug-likeness (QED) is 0.0282. The largest absolute Gasteiger partial charge is 0.477 e. The van der Waals surface area contributed by atoms with Gasteiger partial charge in [0.1, 0.15) is 6.61 Å². The van der Waals surface area contributed by atoms with Crippen LogP contribution in [-0.4, -0.2) is 80.6 Å². The highest BCUT2D eigenvalue weighted by atomic mass is 16.6. The van der Waals surface area contributed by atoms with Crippen LogP contribution in [0, 0.1) is 0 Å². The summed E-state index contributed by atoms with van der Waals surface area (Å²) >= 11 is 0. The zero-order chi connectivity index (χ0) is 44.2. The van der Waals surface area contributed by atoms with E-state index >= 15 is 0 Å². The summed E-state index contributed by atoms with van der Waals surface area (Å²) < 4.78 is 17.3. The number of ether oxygens (including phenoxy) is 3. The van der Waals surface area contributed by atoms with Gasteiger partial charge in [-0.05, 0) is 77.0 Å². The molecule has 0 fully saturated rings. The molecule has 0 radical (unpaired) electrons. The first kappa shape index (κ1) is 57.0.